The molecule has 3 nitrogen and oxygen atoms in total. The largest absolute Gasteiger partial charge is 0.344 e. The highest BCUT2D eigenvalue weighted by Crippen LogP contribution is 2.33. The number of nitrogens with zero attached hydrogens (tertiary/aromatic N) is 3. The second-order valence-electron chi connectivity index (χ2n) is 6.62. The van der Waals surface area contributed by atoms with Crippen molar-refractivity contribution in [2.75, 3.05) is 13.6 Å². The molecule has 1 aromatic carbocycles. The number of halogens is 1. The monoisotopic (exact) mass is 323 g/mol. The third kappa shape index (κ3) is 2.61. The third-order valence-corrected chi connectivity index (χ3v) is 5.04. The zero-order chi connectivity index (χ0) is 16.5. The third-order valence-electron chi connectivity index (χ3n) is 5.04. The van der Waals surface area contributed by atoms with Crippen LogP contribution in [0.25, 0.3) is 10.9 Å². The lowest BCUT2D eigenvalue weighted by atomic mass is 10.0. The lowest BCUT2D eigenvalue weighted by Crippen LogP contribution is -2.27. The number of rotatable bonds is 4. The molecular formula is C20H22FN3. The highest BCUT2D eigenvalue weighted by atomic mass is 19.1. The Morgan fingerprint density at radius 1 is 1.21 bits per heavy atom. The molecule has 3 heterocycles. The molecule has 24 heavy (non-hydrogen) atoms. The van der Waals surface area contributed by atoms with Crippen molar-refractivity contribution in [3.05, 3.63) is 65.1 Å². The number of para-hydroxylation sites is 1. The summed E-state index contributed by atoms with van der Waals surface area (Å²) in [5.74, 6) is 0. The van der Waals surface area contributed by atoms with Crippen LogP contribution in [-0.2, 0) is 32.6 Å². The van der Waals surface area contributed by atoms with Gasteiger partial charge in [0.1, 0.15) is 6.67 Å². The maximum Gasteiger partial charge on any atom is 0.117 e. The number of aryl methyl sites for hydroxylation is 2. The molecule has 0 atom stereocenters. The van der Waals surface area contributed by atoms with Gasteiger partial charge in [0, 0.05) is 55.1 Å². The van der Waals surface area contributed by atoms with Crippen molar-refractivity contribution in [2.45, 2.75) is 32.6 Å². The number of aromatic nitrogens is 2. The quantitative estimate of drug-likeness (QED) is 0.729. The van der Waals surface area contributed by atoms with E-state index in [2.05, 4.69) is 33.6 Å². The number of likely N-dealkylation sites (N-methyl/N-ethyl adjacent to an activating group) is 1. The fourth-order valence-corrected chi connectivity index (χ4v) is 3.86. The number of fused-ring (bicyclic) bond motifs is 3. The molecule has 4 heteroatoms. The molecule has 0 saturated carbocycles. The van der Waals surface area contributed by atoms with Crippen LogP contribution < -0.4 is 0 Å². The lowest BCUT2D eigenvalue weighted by molar-refractivity contribution is 0.309. The first-order valence-electron chi connectivity index (χ1n) is 8.53. The minimum absolute atomic E-state index is 0.414. The van der Waals surface area contributed by atoms with Gasteiger partial charge in [0.2, 0.25) is 0 Å². The second kappa shape index (κ2) is 6.36. The molecule has 0 N–H and O–H groups in total. The fraction of sp³-hybridized carbons (Fsp3) is 0.350. The number of hydrogen-bond acceptors (Lipinski definition) is 2. The van der Waals surface area contributed by atoms with Crippen LogP contribution in [0.1, 0.15) is 22.4 Å². The summed E-state index contributed by atoms with van der Waals surface area (Å²) in [6.07, 6.45) is 5.66. The summed E-state index contributed by atoms with van der Waals surface area (Å²) < 4.78 is 16.0. The highest BCUT2D eigenvalue weighted by molar-refractivity contribution is 5.88. The van der Waals surface area contributed by atoms with Gasteiger partial charge in [-0.2, -0.15) is 0 Å². The molecular weight excluding hydrogens is 301 g/mol. The zero-order valence-electron chi connectivity index (χ0n) is 14.0. The Balaban J connectivity index is 1.81. The number of pyridine rings is 1. The van der Waals surface area contributed by atoms with Crippen molar-refractivity contribution in [3.63, 3.8) is 0 Å². The predicted octanol–water partition coefficient (Wildman–Crippen LogP) is 3.74. The van der Waals surface area contributed by atoms with E-state index in [0.29, 0.717) is 0 Å². The van der Waals surface area contributed by atoms with Crippen molar-refractivity contribution in [2.24, 2.45) is 0 Å². The summed E-state index contributed by atoms with van der Waals surface area (Å²) in [4.78, 5) is 6.54. The van der Waals surface area contributed by atoms with Crippen molar-refractivity contribution in [1.82, 2.24) is 14.5 Å². The van der Waals surface area contributed by atoms with Crippen molar-refractivity contribution in [3.8, 4) is 0 Å². The summed E-state index contributed by atoms with van der Waals surface area (Å²) in [7, 11) is 2.15. The van der Waals surface area contributed by atoms with E-state index < -0.39 is 6.67 Å². The first-order valence-corrected chi connectivity index (χ1v) is 8.53. The molecule has 0 fully saturated rings. The number of alkyl halides is 1. The van der Waals surface area contributed by atoms with Gasteiger partial charge >= 0.3 is 0 Å². The molecule has 1 aliphatic rings. The van der Waals surface area contributed by atoms with E-state index in [0.717, 1.165) is 43.6 Å². The Morgan fingerprint density at radius 2 is 2.12 bits per heavy atom. The fourth-order valence-electron chi connectivity index (χ4n) is 3.86. The van der Waals surface area contributed by atoms with E-state index >= 15 is 0 Å². The van der Waals surface area contributed by atoms with Gasteiger partial charge < -0.3 is 9.47 Å². The molecule has 124 valence electrons. The predicted molar refractivity (Wildman–Crippen MR) is 94.7 cm³/mol. The summed E-state index contributed by atoms with van der Waals surface area (Å²) in [5.41, 5.74) is 5.87. The van der Waals surface area contributed by atoms with E-state index in [1.165, 1.54) is 22.2 Å². The average molecular weight is 323 g/mol. The molecule has 1 aliphatic heterocycles. The maximum absolute atomic E-state index is 13.6. The first-order chi connectivity index (χ1) is 11.8. The Morgan fingerprint density at radius 3 is 2.92 bits per heavy atom. The van der Waals surface area contributed by atoms with Crippen LogP contribution in [0.2, 0.25) is 0 Å². The van der Waals surface area contributed by atoms with E-state index in [1.807, 2.05) is 24.4 Å². The standard InChI is InChI=1S/C20H22FN3/c1-23-10-8-19-18(14-23)17-6-2-5-16(12-21)20(17)24(19)11-7-15-4-3-9-22-13-15/h2-6,9,13H,7-8,10-12,14H2,1H3. The van der Waals surface area contributed by atoms with Crippen molar-refractivity contribution in [1.29, 1.82) is 0 Å². The van der Waals surface area contributed by atoms with Crippen LogP contribution in [-0.4, -0.2) is 28.0 Å². The highest BCUT2D eigenvalue weighted by Gasteiger charge is 2.23. The number of benzene rings is 1. The van der Waals surface area contributed by atoms with Crippen LogP contribution in [0.4, 0.5) is 4.39 Å². The summed E-state index contributed by atoms with van der Waals surface area (Å²) >= 11 is 0. The van der Waals surface area contributed by atoms with Gasteiger partial charge in [0.15, 0.2) is 0 Å². The van der Waals surface area contributed by atoms with Crippen LogP contribution >= 0.6 is 0 Å². The molecule has 0 amide bonds. The molecule has 0 unspecified atom stereocenters. The molecule has 0 bridgehead atoms. The Kier molecular flexibility index (Phi) is 4.07. The average Bonchev–Trinajstić information content (AvgIpc) is 2.94. The van der Waals surface area contributed by atoms with Crippen LogP contribution in [0.5, 0.6) is 0 Å². The molecule has 3 aromatic rings. The van der Waals surface area contributed by atoms with Crippen molar-refractivity contribution < 1.29 is 4.39 Å². The van der Waals surface area contributed by atoms with Gasteiger partial charge in [-0.1, -0.05) is 24.3 Å². The van der Waals surface area contributed by atoms with E-state index in [1.54, 1.807) is 6.20 Å². The normalized spacial score (nSPS) is 14.9. The SMILES string of the molecule is CN1CCc2c(c3cccc(CF)c3n2CCc2cccnc2)C1. The molecule has 4 rings (SSSR count). The Labute approximate surface area is 141 Å². The Hall–Kier alpha value is -2.20. The molecule has 0 radical (unpaired) electrons. The van der Waals surface area contributed by atoms with Crippen LogP contribution in [0.3, 0.4) is 0 Å². The molecule has 0 aliphatic carbocycles. The topological polar surface area (TPSA) is 21.1 Å². The lowest BCUT2D eigenvalue weighted by Gasteiger charge is -2.24. The van der Waals surface area contributed by atoms with E-state index in [-0.39, 0.29) is 0 Å². The van der Waals surface area contributed by atoms with Gasteiger partial charge in [0.05, 0.1) is 5.52 Å². The maximum atomic E-state index is 13.6. The first kappa shape index (κ1) is 15.3. The van der Waals surface area contributed by atoms with Gasteiger partial charge in [-0.3, -0.25) is 4.98 Å². The summed E-state index contributed by atoms with van der Waals surface area (Å²) in [6.45, 7) is 2.46. The number of hydrogen-bond donors (Lipinski definition) is 0. The summed E-state index contributed by atoms with van der Waals surface area (Å²) in [6, 6.07) is 10.1. The molecule has 0 saturated heterocycles. The molecule has 2 aromatic heterocycles. The smallest absolute Gasteiger partial charge is 0.117 e. The van der Waals surface area contributed by atoms with Gasteiger partial charge in [-0.05, 0) is 30.7 Å². The van der Waals surface area contributed by atoms with E-state index in [9.17, 15) is 4.39 Å². The minimum atomic E-state index is -0.414. The molecule has 0 spiro atoms. The van der Waals surface area contributed by atoms with E-state index in [4.69, 9.17) is 0 Å². The zero-order valence-corrected chi connectivity index (χ0v) is 14.0. The van der Waals surface area contributed by atoms with Crippen LogP contribution in [0, 0.1) is 0 Å². The van der Waals surface area contributed by atoms with Gasteiger partial charge in [0.25, 0.3) is 0 Å². The van der Waals surface area contributed by atoms with Crippen molar-refractivity contribution >= 4 is 10.9 Å². The Bertz CT molecular complexity index is 854. The minimum Gasteiger partial charge on any atom is -0.344 e. The summed E-state index contributed by atoms with van der Waals surface area (Å²) in [5, 5.41) is 1.22. The van der Waals surface area contributed by atoms with Gasteiger partial charge in [-0.25, -0.2) is 4.39 Å². The van der Waals surface area contributed by atoms with Gasteiger partial charge in [-0.15, -0.1) is 0 Å². The second-order valence-corrected chi connectivity index (χ2v) is 6.62. The van der Waals surface area contributed by atoms with Crippen LogP contribution in [0.15, 0.2) is 42.7 Å².